The van der Waals surface area contributed by atoms with Crippen LogP contribution in [0.4, 0.5) is 0 Å². The molecule has 0 radical (unpaired) electrons. The van der Waals surface area contributed by atoms with Crippen LogP contribution in [0.2, 0.25) is 0 Å². The fourth-order valence-corrected chi connectivity index (χ4v) is 2.89. The number of hydrogen-bond donors (Lipinski definition) is 2. The largest absolute Gasteiger partial charge is 0.316 e. The molecule has 1 saturated heterocycles. The fourth-order valence-electron chi connectivity index (χ4n) is 2.41. The van der Waals surface area contributed by atoms with Gasteiger partial charge in [0.1, 0.15) is 0 Å². The average molecular weight is 326 g/mol. The molecule has 2 N–H and O–H groups in total. The van der Waals surface area contributed by atoms with Gasteiger partial charge in [0.2, 0.25) is 0 Å². The Morgan fingerprint density at radius 3 is 2.74 bits per heavy atom. The van der Waals surface area contributed by atoms with Crippen molar-refractivity contribution in [2.24, 2.45) is 0 Å². The molecule has 1 aromatic rings. The van der Waals surface area contributed by atoms with E-state index >= 15 is 0 Å². The molecule has 0 bridgehead atoms. The molecule has 0 spiro atoms. The Balaban J connectivity index is 1.51. The van der Waals surface area contributed by atoms with Crippen molar-refractivity contribution in [2.45, 2.75) is 12.8 Å². The standard InChI is InChI=1S/C15H24BrN3/c16-15-5-2-1-4-14(15)6-8-17-7-3-11-19-12-9-18-10-13-19/h1-2,4-5,17-18H,3,6-13H2. The van der Waals surface area contributed by atoms with Gasteiger partial charge in [-0.3, -0.25) is 0 Å². The lowest BCUT2D eigenvalue weighted by Gasteiger charge is -2.27. The van der Waals surface area contributed by atoms with Gasteiger partial charge in [-0.2, -0.15) is 0 Å². The average Bonchev–Trinajstić information content (AvgIpc) is 2.45. The second-order valence-corrected chi connectivity index (χ2v) is 5.89. The van der Waals surface area contributed by atoms with Crippen molar-refractivity contribution in [1.29, 1.82) is 0 Å². The molecule has 0 saturated carbocycles. The van der Waals surface area contributed by atoms with Gasteiger partial charge in [0.25, 0.3) is 0 Å². The van der Waals surface area contributed by atoms with Crippen molar-refractivity contribution >= 4 is 15.9 Å². The molecule has 4 heteroatoms. The minimum atomic E-state index is 1.06. The zero-order chi connectivity index (χ0) is 13.3. The second-order valence-electron chi connectivity index (χ2n) is 5.04. The first-order valence-corrected chi connectivity index (χ1v) is 8.03. The van der Waals surface area contributed by atoms with Crippen LogP contribution in [0, 0.1) is 0 Å². The Kier molecular flexibility index (Phi) is 6.85. The van der Waals surface area contributed by atoms with Crippen LogP contribution in [0.1, 0.15) is 12.0 Å². The molecule has 0 unspecified atom stereocenters. The smallest absolute Gasteiger partial charge is 0.0207 e. The van der Waals surface area contributed by atoms with Gasteiger partial charge in [-0.1, -0.05) is 34.1 Å². The number of rotatable bonds is 7. The first kappa shape index (κ1) is 15.0. The maximum atomic E-state index is 3.59. The van der Waals surface area contributed by atoms with E-state index in [1.165, 1.54) is 36.1 Å². The summed E-state index contributed by atoms with van der Waals surface area (Å²) in [4.78, 5) is 2.55. The van der Waals surface area contributed by atoms with Crippen molar-refractivity contribution in [2.75, 3.05) is 45.8 Å². The summed E-state index contributed by atoms with van der Waals surface area (Å²) in [6.45, 7) is 8.11. The summed E-state index contributed by atoms with van der Waals surface area (Å²) in [5, 5.41) is 6.92. The SMILES string of the molecule is Brc1ccccc1CCNCCCN1CCNCC1. The van der Waals surface area contributed by atoms with Crippen LogP contribution in [-0.4, -0.2) is 50.7 Å². The van der Waals surface area contributed by atoms with Crippen LogP contribution in [0.15, 0.2) is 28.7 Å². The third kappa shape index (κ3) is 5.61. The highest BCUT2D eigenvalue weighted by Crippen LogP contribution is 2.15. The topological polar surface area (TPSA) is 27.3 Å². The van der Waals surface area contributed by atoms with Crippen LogP contribution in [-0.2, 0) is 6.42 Å². The van der Waals surface area contributed by atoms with E-state index in [4.69, 9.17) is 0 Å². The van der Waals surface area contributed by atoms with Crippen LogP contribution in [0.5, 0.6) is 0 Å². The molecule has 0 aromatic heterocycles. The van der Waals surface area contributed by atoms with E-state index in [-0.39, 0.29) is 0 Å². The summed E-state index contributed by atoms with van der Waals surface area (Å²) in [7, 11) is 0. The van der Waals surface area contributed by atoms with Crippen LogP contribution >= 0.6 is 15.9 Å². The minimum absolute atomic E-state index is 1.06. The molecule has 1 aliphatic heterocycles. The fraction of sp³-hybridized carbons (Fsp3) is 0.600. The van der Waals surface area contributed by atoms with E-state index in [9.17, 15) is 0 Å². The summed E-state index contributed by atoms with van der Waals surface area (Å²) >= 11 is 3.59. The Hall–Kier alpha value is -0.420. The number of piperazine rings is 1. The molecule has 106 valence electrons. The highest BCUT2D eigenvalue weighted by atomic mass is 79.9. The molecule has 1 fully saturated rings. The highest BCUT2D eigenvalue weighted by molar-refractivity contribution is 9.10. The summed E-state index contributed by atoms with van der Waals surface area (Å²) < 4.78 is 1.22. The van der Waals surface area contributed by atoms with Crippen molar-refractivity contribution < 1.29 is 0 Å². The Morgan fingerprint density at radius 1 is 1.16 bits per heavy atom. The number of nitrogens with zero attached hydrogens (tertiary/aromatic N) is 1. The molecule has 3 nitrogen and oxygen atoms in total. The van der Waals surface area contributed by atoms with Crippen LogP contribution in [0.3, 0.4) is 0 Å². The van der Waals surface area contributed by atoms with Crippen LogP contribution in [0.25, 0.3) is 0 Å². The van der Waals surface area contributed by atoms with Crippen molar-refractivity contribution in [3.05, 3.63) is 34.3 Å². The quantitative estimate of drug-likeness (QED) is 0.749. The van der Waals surface area contributed by atoms with Crippen LogP contribution < -0.4 is 10.6 Å². The van der Waals surface area contributed by atoms with E-state index < -0.39 is 0 Å². The summed E-state index contributed by atoms with van der Waals surface area (Å²) in [5.41, 5.74) is 1.39. The second kappa shape index (κ2) is 8.69. The van der Waals surface area contributed by atoms with Gasteiger partial charge in [0.15, 0.2) is 0 Å². The lowest BCUT2D eigenvalue weighted by Crippen LogP contribution is -2.44. The molecule has 0 aliphatic carbocycles. The van der Waals surface area contributed by atoms with Crippen molar-refractivity contribution in [3.63, 3.8) is 0 Å². The maximum absolute atomic E-state index is 3.59. The van der Waals surface area contributed by atoms with Gasteiger partial charge in [0.05, 0.1) is 0 Å². The molecule has 1 aliphatic rings. The van der Waals surface area contributed by atoms with Crippen molar-refractivity contribution in [1.82, 2.24) is 15.5 Å². The molecule has 1 heterocycles. The van der Waals surface area contributed by atoms with Crippen molar-refractivity contribution in [3.8, 4) is 0 Å². The zero-order valence-electron chi connectivity index (χ0n) is 11.5. The molecule has 0 amide bonds. The van der Waals surface area contributed by atoms with Gasteiger partial charge < -0.3 is 15.5 Å². The maximum Gasteiger partial charge on any atom is 0.0207 e. The molecule has 1 aromatic carbocycles. The van der Waals surface area contributed by atoms with Gasteiger partial charge in [-0.05, 0) is 44.1 Å². The Morgan fingerprint density at radius 2 is 1.95 bits per heavy atom. The van der Waals surface area contributed by atoms with Gasteiger partial charge in [0, 0.05) is 30.7 Å². The predicted molar refractivity (Wildman–Crippen MR) is 84.6 cm³/mol. The monoisotopic (exact) mass is 325 g/mol. The lowest BCUT2D eigenvalue weighted by atomic mass is 10.1. The first-order valence-electron chi connectivity index (χ1n) is 7.23. The van der Waals surface area contributed by atoms with E-state index in [2.05, 4.69) is 55.7 Å². The molecule has 0 atom stereocenters. The third-order valence-electron chi connectivity index (χ3n) is 3.57. The normalized spacial score (nSPS) is 16.7. The molecular weight excluding hydrogens is 302 g/mol. The minimum Gasteiger partial charge on any atom is -0.316 e. The van der Waals surface area contributed by atoms with E-state index in [1.807, 2.05) is 0 Å². The summed E-state index contributed by atoms with van der Waals surface area (Å²) in [6.07, 6.45) is 2.34. The molecule has 19 heavy (non-hydrogen) atoms. The van der Waals surface area contributed by atoms with Gasteiger partial charge in [-0.15, -0.1) is 0 Å². The van der Waals surface area contributed by atoms with E-state index in [0.29, 0.717) is 0 Å². The van der Waals surface area contributed by atoms with Gasteiger partial charge in [-0.25, -0.2) is 0 Å². The number of halogens is 1. The number of nitrogens with one attached hydrogen (secondary N) is 2. The predicted octanol–water partition coefficient (Wildman–Crippen LogP) is 1.88. The zero-order valence-corrected chi connectivity index (χ0v) is 13.1. The van der Waals surface area contributed by atoms with E-state index in [0.717, 1.165) is 32.6 Å². The lowest BCUT2D eigenvalue weighted by molar-refractivity contribution is 0.238. The summed E-state index contributed by atoms with van der Waals surface area (Å²) in [5.74, 6) is 0. The summed E-state index contributed by atoms with van der Waals surface area (Å²) in [6, 6.07) is 8.46. The Bertz CT molecular complexity index is 364. The first-order chi connectivity index (χ1) is 9.36. The Labute approximate surface area is 124 Å². The highest BCUT2D eigenvalue weighted by Gasteiger charge is 2.07. The third-order valence-corrected chi connectivity index (χ3v) is 4.34. The molecular formula is C15H24BrN3. The number of hydrogen-bond acceptors (Lipinski definition) is 3. The number of benzene rings is 1. The molecule has 2 rings (SSSR count). The van der Waals surface area contributed by atoms with E-state index in [1.54, 1.807) is 0 Å². The van der Waals surface area contributed by atoms with Gasteiger partial charge >= 0.3 is 0 Å².